The number of halogens is 1. The second-order valence-electron chi connectivity index (χ2n) is 3.72. The first-order valence-corrected chi connectivity index (χ1v) is 5.95. The van der Waals surface area contributed by atoms with Crippen LogP contribution in [-0.2, 0) is 11.9 Å². The molecule has 1 aliphatic carbocycles. The van der Waals surface area contributed by atoms with Crippen molar-refractivity contribution in [2.75, 3.05) is 0 Å². The van der Waals surface area contributed by atoms with Gasteiger partial charge in [0.25, 0.3) is 0 Å². The zero-order chi connectivity index (χ0) is 9.10. The predicted molar refractivity (Wildman–Crippen MR) is 54.6 cm³/mol. The summed E-state index contributed by atoms with van der Waals surface area (Å²) in [5, 5.41) is 8.93. The first-order valence-electron chi connectivity index (χ1n) is 4.83. The maximum atomic E-state index is 4.09. The Morgan fingerprint density at radius 2 is 2.23 bits per heavy atom. The van der Waals surface area contributed by atoms with Crippen molar-refractivity contribution in [3.63, 3.8) is 0 Å². The second kappa shape index (κ2) is 4.22. The van der Waals surface area contributed by atoms with Crippen LogP contribution < -0.4 is 0 Å². The first kappa shape index (κ1) is 9.19. The van der Waals surface area contributed by atoms with Gasteiger partial charge in [-0.05, 0) is 18.8 Å². The Morgan fingerprint density at radius 1 is 1.46 bits per heavy atom. The Hall–Kier alpha value is -0.380. The number of alkyl halides is 1. The maximum absolute atomic E-state index is 4.09. The fourth-order valence-electron chi connectivity index (χ4n) is 1.95. The lowest BCUT2D eigenvalue weighted by Gasteiger charge is -2.06. The van der Waals surface area contributed by atoms with E-state index in [1.54, 1.807) is 0 Å². The summed E-state index contributed by atoms with van der Waals surface area (Å²) in [6, 6.07) is 0. The summed E-state index contributed by atoms with van der Waals surface area (Å²) in [5.41, 5.74) is 1.03. The number of nitrogens with zero attached hydrogens (tertiary/aromatic N) is 3. The average molecular weight is 244 g/mol. The highest BCUT2D eigenvalue weighted by atomic mass is 79.9. The van der Waals surface area contributed by atoms with Crippen LogP contribution in [0.3, 0.4) is 0 Å². The van der Waals surface area contributed by atoms with Gasteiger partial charge in [-0.15, -0.1) is 5.10 Å². The van der Waals surface area contributed by atoms with E-state index in [4.69, 9.17) is 0 Å². The molecule has 13 heavy (non-hydrogen) atoms. The van der Waals surface area contributed by atoms with E-state index in [9.17, 15) is 0 Å². The van der Waals surface area contributed by atoms with Gasteiger partial charge in [-0.1, -0.05) is 34.0 Å². The summed E-state index contributed by atoms with van der Waals surface area (Å²) in [7, 11) is 0. The van der Waals surface area contributed by atoms with Crippen LogP contribution in [0.15, 0.2) is 6.20 Å². The molecule has 72 valence electrons. The van der Waals surface area contributed by atoms with Crippen molar-refractivity contribution in [1.82, 2.24) is 15.0 Å². The molecule has 0 N–H and O–H groups in total. The second-order valence-corrected chi connectivity index (χ2v) is 4.28. The van der Waals surface area contributed by atoms with Crippen LogP contribution in [0.5, 0.6) is 0 Å². The van der Waals surface area contributed by atoms with Crippen molar-refractivity contribution >= 4 is 15.9 Å². The minimum Gasteiger partial charge on any atom is -0.252 e. The Kier molecular flexibility index (Phi) is 2.98. The van der Waals surface area contributed by atoms with Crippen LogP contribution in [0.2, 0.25) is 0 Å². The van der Waals surface area contributed by atoms with Gasteiger partial charge in [-0.3, -0.25) is 4.68 Å². The summed E-state index contributed by atoms with van der Waals surface area (Å²) in [5.74, 6) is 0.838. The Labute approximate surface area is 86.6 Å². The SMILES string of the molecule is BrCc1cn(CC2CCCC2)nn1. The van der Waals surface area contributed by atoms with Gasteiger partial charge in [0.15, 0.2) is 0 Å². The van der Waals surface area contributed by atoms with Gasteiger partial charge in [0.05, 0.1) is 5.69 Å². The molecule has 2 rings (SSSR count). The van der Waals surface area contributed by atoms with Gasteiger partial charge in [0, 0.05) is 18.1 Å². The lowest BCUT2D eigenvalue weighted by Crippen LogP contribution is -2.07. The molecule has 0 unspecified atom stereocenters. The van der Waals surface area contributed by atoms with Crippen molar-refractivity contribution in [3.05, 3.63) is 11.9 Å². The Morgan fingerprint density at radius 3 is 2.85 bits per heavy atom. The first-order chi connectivity index (χ1) is 6.38. The van der Waals surface area contributed by atoms with Gasteiger partial charge in [-0.2, -0.15) is 0 Å². The van der Waals surface area contributed by atoms with E-state index in [1.807, 2.05) is 10.9 Å². The molecule has 0 spiro atoms. The topological polar surface area (TPSA) is 30.7 Å². The molecular weight excluding hydrogens is 230 g/mol. The van der Waals surface area contributed by atoms with Crippen molar-refractivity contribution in [1.29, 1.82) is 0 Å². The predicted octanol–water partition coefficient (Wildman–Crippen LogP) is 2.36. The number of rotatable bonds is 3. The zero-order valence-corrected chi connectivity index (χ0v) is 9.20. The summed E-state index contributed by atoms with van der Waals surface area (Å²) < 4.78 is 1.98. The molecule has 1 aromatic rings. The lowest BCUT2D eigenvalue weighted by molar-refractivity contribution is 0.421. The largest absolute Gasteiger partial charge is 0.252 e. The molecule has 0 atom stereocenters. The molecule has 1 fully saturated rings. The van der Waals surface area contributed by atoms with Crippen LogP contribution in [0, 0.1) is 5.92 Å². The molecule has 1 aromatic heterocycles. The standard InChI is InChI=1S/C9H14BrN3/c10-5-9-7-13(12-11-9)6-8-3-1-2-4-8/h7-8H,1-6H2. The van der Waals surface area contributed by atoms with E-state index < -0.39 is 0 Å². The third-order valence-electron chi connectivity index (χ3n) is 2.64. The molecule has 0 saturated heterocycles. The van der Waals surface area contributed by atoms with E-state index in [2.05, 4.69) is 26.2 Å². The van der Waals surface area contributed by atoms with Crippen molar-refractivity contribution in [2.45, 2.75) is 37.6 Å². The quantitative estimate of drug-likeness (QED) is 0.764. The fourth-order valence-corrected chi connectivity index (χ4v) is 2.20. The molecule has 0 aromatic carbocycles. The van der Waals surface area contributed by atoms with Crippen LogP contribution in [-0.4, -0.2) is 15.0 Å². The van der Waals surface area contributed by atoms with Crippen LogP contribution in [0.4, 0.5) is 0 Å². The fraction of sp³-hybridized carbons (Fsp3) is 0.778. The average Bonchev–Trinajstić information content (AvgIpc) is 2.76. The van der Waals surface area contributed by atoms with Crippen molar-refractivity contribution in [3.8, 4) is 0 Å². The van der Waals surface area contributed by atoms with Crippen molar-refractivity contribution < 1.29 is 0 Å². The van der Waals surface area contributed by atoms with Gasteiger partial charge < -0.3 is 0 Å². The van der Waals surface area contributed by atoms with Gasteiger partial charge in [0.1, 0.15) is 0 Å². The highest BCUT2D eigenvalue weighted by Gasteiger charge is 2.15. The normalized spacial score (nSPS) is 18.2. The number of hydrogen-bond acceptors (Lipinski definition) is 2. The molecule has 3 nitrogen and oxygen atoms in total. The van der Waals surface area contributed by atoms with Crippen LogP contribution in [0.1, 0.15) is 31.4 Å². The van der Waals surface area contributed by atoms with Gasteiger partial charge in [0.2, 0.25) is 0 Å². The number of aromatic nitrogens is 3. The van der Waals surface area contributed by atoms with Crippen LogP contribution in [0.25, 0.3) is 0 Å². The minimum absolute atomic E-state index is 0.803. The maximum Gasteiger partial charge on any atom is 0.0932 e. The van der Waals surface area contributed by atoms with Crippen LogP contribution >= 0.6 is 15.9 Å². The van der Waals surface area contributed by atoms with E-state index in [-0.39, 0.29) is 0 Å². The summed E-state index contributed by atoms with van der Waals surface area (Å²) in [6.07, 6.45) is 7.55. The van der Waals surface area contributed by atoms with Gasteiger partial charge in [-0.25, -0.2) is 0 Å². The highest BCUT2D eigenvalue weighted by Crippen LogP contribution is 2.25. The molecule has 1 heterocycles. The molecule has 1 saturated carbocycles. The molecule has 0 amide bonds. The smallest absolute Gasteiger partial charge is 0.0932 e. The third kappa shape index (κ3) is 2.30. The van der Waals surface area contributed by atoms with E-state index in [0.29, 0.717) is 0 Å². The summed E-state index contributed by atoms with van der Waals surface area (Å²) in [4.78, 5) is 0. The third-order valence-corrected chi connectivity index (χ3v) is 3.22. The number of hydrogen-bond donors (Lipinski definition) is 0. The monoisotopic (exact) mass is 243 g/mol. The molecule has 4 heteroatoms. The van der Waals surface area contributed by atoms with E-state index in [1.165, 1.54) is 25.7 Å². The minimum atomic E-state index is 0.803. The highest BCUT2D eigenvalue weighted by molar-refractivity contribution is 9.08. The lowest BCUT2D eigenvalue weighted by atomic mass is 10.1. The molecule has 1 aliphatic rings. The van der Waals surface area contributed by atoms with E-state index in [0.717, 1.165) is 23.5 Å². The Balaban J connectivity index is 1.92. The van der Waals surface area contributed by atoms with Crippen molar-refractivity contribution in [2.24, 2.45) is 5.92 Å². The molecule has 0 radical (unpaired) electrons. The summed E-state index contributed by atoms with van der Waals surface area (Å²) >= 11 is 3.37. The zero-order valence-electron chi connectivity index (χ0n) is 7.62. The Bertz CT molecular complexity index is 266. The summed E-state index contributed by atoms with van der Waals surface area (Å²) in [6.45, 7) is 1.06. The molecular formula is C9H14BrN3. The van der Waals surface area contributed by atoms with Gasteiger partial charge >= 0.3 is 0 Å². The molecule has 0 aliphatic heterocycles. The molecule has 0 bridgehead atoms. The van der Waals surface area contributed by atoms with E-state index >= 15 is 0 Å².